The maximum atomic E-state index is 10.8. The van der Waals surface area contributed by atoms with Gasteiger partial charge < -0.3 is 5.11 Å². The lowest BCUT2D eigenvalue weighted by molar-refractivity contribution is -0.0931. The van der Waals surface area contributed by atoms with Gasteiger partial charge in [0.25, 0.3) is 0 Å². The smallest absolute Gasteiger partial charge is 0.0594 e. The summed E-state index contributed by atoms with van der Waals surface area (Å²) in [4.78, 5) is 0. The highest BCUT2D eigenvalue weighted by molar-refractivity contribution is 5.35. The molecule has 0 radical (unpaired) electrons. The Hall–Kier alpha value is -0.560. The van der Waals surface area contributed by atoms with Crippen LogP contribution in [0.25, 0.3) is 0 Å². The molecule has 0 aromatic carbocycles. The van der Waals surface area contributed by atoms with Gasteiger partial charge in [-0.2, -0.15) is 0 Å². The lowest BCUT2D eigenvalue weighted by atomic mass is 9.46. The molecule has 0 aromatic heterocycles. The maximum Gasteiger partial charge on any atom is 0.0594 e. The monoisotopic (exact) mass is 440 g/mol. The van der Waals surface area contributed by atoms with E-state index in [2.05, 4.69) is 61.5 Å². The SMILES string of the molecule is C/C=C(/CC[C@@H](C)[C@H]1CC[C@H]2C3=C(CC[C@]12C)[C@@]1(C)CC[C@H](O)C(C)(C)C1CC3)C(C)C. The van der Waals surface area contributed by atoms with Crippen LogP contribution in [0.1, 0.15) is 120 Å². The molecule has 1 unspecified atom stereocenters. The molecule has 1 nitrogen and oxygen atoms in total. The van der Waals surface area contributed by atoms with Crippen molar-refractivity contribution in [2.45, 2.75) is 126 Å². The molecule has 4 aliphatic carbocycles. The van der Waals surface area contributed by atoms with E-state index in [1.54, 1.807) is 5.57 Å². The highest BCUT2D eigenvalue weighted by Gasteiger charge is 2.59. The van der Waals surface area contributed by atoms with E-state index in [-0.39, 0.29) is 11.5 Å². The van der Waals surface area contributed by atoms with Crippen molar-refractivity contribution < 1.29 is 5.11 Å². The second kappa shape index (κ2) is 8.58. The van der Waals surface area contributed by atoms with Crippen LogP contribution in [0.3, 0.4) is 0 Å². The van der Waals surface area contributed by atoms with Crippen molar-refractivity contribution >= 4 is 0 Å². The molecule has 182 valence electrons. The van der Waals surface area contributed by atoms with Crippen LogP contribution in [-0.2, 0) is 0 Å². The van der Waals surface area contributed by atoms with Gasteiger partial charge in [0.05, 0.1) is 6.10 Å². The molecule has 0 aliphatic heterocycles. The Labute approximate surface area is 199 Å². The van der Waals surface area contributed by atoms with Gasteiger partial charge in [-0.15, -0.1) is 0 Å². The second-order valence-electron chi connectivity index (χ2n) is 13.7. The first-order valence-electron chi connectivity index (χ1n) is 14.0. The van der Waals surface area contributed by atoms with E-state index in [1.165, 1.54) is 57.8 Å². The molecule has 0 saturated heterocycles. The van der Waals surface area contributed by atoms with Crippen LogP contribution >= 0.6 is 0 Å². The number of aliphatic hydroxyl groups is 1. The van der Waals surface area contributed by atoms with E-state index in [0.29, 0.717) is 22.7 Å². The zero-order valence-corrected chi connectivity index (χ0v) is 22.6. The topological polar surface area (TPSA) is 20.2 Å². The minimum atomic E-state index is -0.124. The number of hydrogen-bond donors (Lipinski definition) is 1. The summed E-state index contributed by atoms with van der Waals surface area (Å²) in [5.74, 6) is 3.89. The van der Waals surface area contributed by atoms with E-state index in [0.717, 1.165) is 24.2 Å². The molecule has 1 heteroatoms. The van der Waals surface area contributed by atoms with Crippen molar-refractivity contribution in [3.05, 3.63) is 22.8 Å². The number of rotatable bonds is 5. The van der Waals surface area contributed by atoms with E-state index in [4.69, 9.17) is 0 Å². The molecule has 2 saturated carbocycles. The number of allylic oxidation sites excluding steroid dienone is 4. The molecule has 0 amide bonds. The van der Waals surface area contributed by atoms with Gasteiger partial charge in [-0.3, -0.25) is 0 Å². The fourth-order valence-corrected chi connectivity index (χ4v) is 9.62. The normalized spacial score (nSPS) is 42.5. The summed E-state index contributed by atoms with van der Waals surface area (Å²) in [6, 6.07) is 0. The second-order valence-corrected chi connectivity index (χ2v) is 13.7. The van der Waals surface area contributed by atoms with Gasteiger partial charge in [0, 0.05) is 0 Å². The third-order valence-electron chi connectivity index (χ3n) is 11.7. The molecule has 0 bridgehead atoms. The van der Waals surface area contributed by atoms with E-state index >= 15 is 0 Å². The standard InChI is InChI=1S/C31H52O/c1-9-22(20(2)3)11-10-21(4)24-13-14-25-23-12-15-27-29(5,6)28(32)17-19-31(27,8)26(23)16-18-30(24,25)7/h9,20-21,24-25,27-28,32H,10-19H2,1-8H3/b22-9-/t21-,24-,25+,27?,28+,30-,31-/m1/s1. The summed E-state index contributed by atoms with van der Waals surface area (Å²) in [6.45, 7) is 19.5. The highest BCUT2D eigenvalue weighted by Crippen LogP contribution is 2.68. The van der Waals surface area contributed by atoms with Crippen LogP contribution < -0.4 is 0 Å². The summed E-state index contributed by atoms with van der Waals surface area (Å²) < 4.78 is 0. The molecular weight excluding hydrogens is 388 g/mol. The van der Waals surface area contributed by atoms with Gasteiger partial charge in [0.2, 0.25) is 0 Å². The van der Waals surface area contributed by atoms with Crippen LogP contribution in [0, 0.1) is 45.8 Å². The molecule has 1 N–H and O–H groups in total. The first-order valence-corrected chi connectivity index (χ1v) is 14.0. The van der Waals surface area contributed by atoms with Crippen LogP contribution in [0.4, 0.5) is 0 Å². The minimum Gasteiger partial charge on any atom is -0.393 e. The lowest BCUT2D eigenvalue weighted by Gasteiger charge is -2.60. The zero-order valence-electron chi connectivity index (χ0n) is 22.6. The van der Waals surface area contributed by atoms with Crippen molar-refractivity contribution in [3.8, 4) is 0 Å². The van der Waals surface area contributed by atoms with E-state index in [1.807, 2.05) is 11.1 Å². The summed E-state index contributed by atoms with van der Waals surface area (Å²) in [5.41, 5.74) is 6.31. The first kappa shape index (κ1) is 24.6. The number of fused-ring (bicyclic) bond motifs is 4. The quantitative estimate of drug-likeness (QED) is 0.424. The molecule has 0 spiro atoms. The summed E-state index contributed by atoms with van der Waals surface area (Å²) >= 11 is 0. The Morgan fingerprint density at radius 3 is 2.38 bits per heavy atom. The average Bonchev–Trinajstić information content (AvgIpc) is 3.08. The van der Waals surface area contributed by atoms with Crippen molar-refractivity contribution in [1.82, 2.24) is 0 Å². The third-order valence-corrected chi connectivity index (χ3v) is 11.7. The Morgan fingerprint density at radius 2 is 1.72 bits per heavy atom. The highest BCUT2D eigenvalue weighted by atomic mass is 16.3. The Morgan fingerprint density at radius 1 is 1.00 bits per heavy atom. The number of aliphatic hydroxyl groups excluding tert-OH is 1. The zero-order chi connectivity index (χ0) is 23.5. The van der Waals surface area contributed by atoms with Gasteiger partial charge in [-0.05, 0) is 117 Å². The fraction of sp³-hybridized carbons (Fsp3) is 0.871. The van der Waals surface area contributed by atoms with Crippen molar-refractivity contribution in [1.29, 1.82) is 0 Å². The molecular formula is C31H52O. The van der Waals surface area contributed by atoms with Gasteiger partial charge in [-0.25, -0.2) is 0 Å². The Bertz CT molecular complexity index is 769. The van der Waals surface area contributed by atoms with Gasteiger partial charge in [-0.1, -0.05) is 71.3 Å². The van der Waals surface area contributed by atoms with Gasteiger partial charge in [0.1, 0.15) is 0 Å². The summed E-state index contributed by atoms with van der Waals surface area (Å²) in [5, 5.41) is 10.8. The van der Waals surface area contributed by atoms with Gasteiger partial charge in [0.15, 0.2) is 0 Å². The van der Waals surface area contributed by atoms with Crippen LogP contribution in [0.15, 0.2) is 22.8 Å². The number of hydrogen-bond acceptors (Lipinski definition) is 1. The molecule has 4 aliphatic rings. The predicted molar refractivity (Wildman–Crippen MR) is 137 cm³/mol. The average molecular weight is 441 g/mol. The molecule has 0 aromatic rings. The molecule has 7 atom stereocenters. The molecule has 32 heavy (non-hydrogen) atoms. The Balaban J connectivity index is 1.56. The van der Waals surface area contributed by atoms with Crippen molar-refractivity contribution in [2.75, 3.05) is 0 Å². The third kappa shape index (κ3) is 3.68. The first-order chi connectivity index (χ1) is 15.0. The molecule has 0 heterocycles. The van der Waals surface area contributed by atoms with Crippen LogP contribution in [-0.4, -0.2) is 11.2 Å². The van der Waals surface area contributed by atoms with E-state index in [9.17, 15) is 5.11 Å². The summed E-state index contributed by atoms with van der Waals surface area (Å²) in [6.07, 6.45) is 15.3. The van der Waals surface area contributed by atoms with Crippen LogP contribution in [0.2, 0.25) is 0 Å². The van der Waals surface area contributed by atoms with Crippen molar-refractivity contribution in [2.24, 2.45) is 45.8 Å². The summed E-state index contributed by atoms with van der Waals surface area (Å²) in [7, 11) is 0. The van der Waals surface area contributed by atoms with E-state index < -0.39 is 0 Å². The molecule has 4 rings (SSSR count). The fourth-order valence-electron chi connectivity index (χ4n) is 9.62. The van der Waals surface area contributed by atoms with Crippen LogP contribution in [0.5, 0.6) is 0 Å². The maximum absolute atomic E-state index is 10.8. The largest absolute Gasteiger partial charge is 0.393 e. The van der Waals surface area contributed by atoms with Gasteiger partial charge >= 0.3 is 0 Å². The molecule has 2 fully saturated rings. The predicted octanol–water partition coefficient (Wildman–Crippen LogP) is 8.73. The van der Waals surface area contributed by atoms with Crippen molar-refractivity contribution in [3.63, 3.8) is 0 Å². The Kier molecular flexibility index (Phi) is 6.59. The minimum absolute atomic E-state index is 0.0555. The lowest BCUT2D eigenvalue weighted by Crippen LogP contribution is -2.53.